The van der Waals surface area contributed by atoms with Gasteiger partial charge < -0.3 is 10.1 Å². The van der Waals surface area contributed by atoms with E-state index in [-0.39, 0.29) is 11.9 Å². The molecule has 1 fully saturated rings. The minimum absolute atomic E-state index is 0.0104. The number of para-hydroxylation sites is 2. The predicted molar refractivity (Wildman–Crippen MR) is 102 cm³/mol. The fraction of sp³-hybridized carbons (Fsp3) is 0.421. The molecule has 1 aromatic carbocycles. The zero-order valence-corrected chi connectivity index (χ0v) is 15.6. The van der Waals surface area contributed by atoms with Crippen molar-refractivity contribution < 1.29 is 9.53 Å². The molecule has 25 heavy (non-hydrogen) atoms. The van der Waals surface area contributed by atoms with Crippen LogP contribution in [0.5, 0.6) is 5.75 Å². The lowest BCUT2D eigenvalue weighted by Crippen LogP contribution is -2.52. The van der Waals surface area contributed by atoms with Crippen molar-refractivity contribution >= 4 is 22.9 Å². The van der Waals surface area contributed by atoms with Gasteiger partial charge in [0.05, 0.1) is 18.8 Å². The molecule has 0 spiro atoms. The van der Waals surface area contributed by atoms with E-state index in [2.05, 4.69) is 32.6 Å². The lowest BCUT2D eigenvalue weighted by molar-refractivity contribution is -0.121. The van der Waals surface area contributed by atoms with E-state index in [4.69, 9.17) is 4.74 Å². The van der Waals surface area contributed by atoms with Crippen LogP contribution < -0.4 is 10.1 Å². The number of hydrogen-bond acceptors (Lipinski definition) is 5. The number of anilines is 1. The normalized spacial score (nSPS) is 17.2. The van der Waals surface area contributed by atoms with Crippen LogP contribution in [-0.4, -0.2) is 55.0 Å². The van der Waals surface area contributed by atoms with E-state index in [1.165, 1.54) is 4.88 Å². The Balaban J connectivity index is 1.51. The van der Waals surface area contributed by atoms with Crippen LogP contribution >= 0.6 is 11.3 Å². The van der Waals surface area contributed by atoms with Crippen molar-refractivity contribution in [2.24, 2.45) is 0 Å². The van der Waals surface area contributed by atoms with Gasteiger partial charge in [-0.25, -0.2) is 0 Å². The maximum Gasteiger partial charge on any atom is 0.241 e. The van der Waals surface area contributed by atoms with Crippen molar-refractivity contribution in [1.82, 2.24) is 9.80 Å². The van der Waals surface area contributed by atoms with Gasteiger partial charge in [0.2, 0.25) is 5.91 Å². The van der Waals surface area contributed by atoms with Crippen molar-refractivity contribution in [1.29, 1.82) is 0 Å². The Labute approximate surface area is 153 Å². The highest BCUT2D eigenvalue weighted by atomic mass is 32.1. The number of methoxy groups -OCH3 is 1. The van der Waals surface area contributed by atoms with E-state index < -0.39 is 0 Å². The van der Waals surface area contributed by atoms with Gasteiger partial charge in [-0.3, -0.25) is 14.6 Å². The first-order valence-electron chi connectivity index (χ1n) is 8.60. The third-order valence-electron chi connectivity index (χ3n) is 4.66. The molecule has 0 aliphatic carbocycles. The summed E-state index contributed by atoms with van der Waals surface area (Å²) in [4.78, 5) is 18.7. The molecule has 1 aromatic heterocycles. The van der Waals surface area contributed by atoms with E-state index in [0.717, 1.165) is 38.4 Å². The molecule has 0 bridgehead atoms. The quantitative estimate of drug-likeness (QED) is 0.861. The number of nitrogens with one attached hydrogen (secondary N) is 1. The Bertz CT molecular complexity index is 682. The van der Waals surface area contributed by atoms with Gasteiger partial charge in [-0.15, -0.1) is 11.3 Å². The number of nitrogens with zero attached hydrogens (tertiary/aromatic N) is 2. The van der Waals surface area contributed by atoms with Crippen LogP contribution in [0.3, 0.4) is 0 Å². The van der Waals surface area contributed by atoms with Crippen LogP contribution in [0.4, 0.5) is 5.69 Å². The zero-order valence-electron chi connectivity index (χ0n) is 14.8. The standard InChI is InChI=1S/C19H25N3O2S/c1-15(19(23)20-17-7-3-4-8-18(17)24-2)22-11-9-21(10-12-22)14-16-6-5-13-25-16/h3-8,13,15H,9-12,14H2,1-2H3,(H,20,23)/t15-/m1/s1. The summed E-state index contributed by atoms with van der Waals surface area (Å²) in [5, 5.41) is 5.11. The van der Waals surface area contributed by atoms with Crippen molar-refractivity contribution in [3.05, 3.63) is 46.7 Å². The molecular formula is C19H25N3O2S. The summed E-state index contributed by atoms with van der Waals surface area (Å²) in [6.45, 7) is 6.78. The molecule has 1 aliphatic rings. The van der Waals surface area contributed by atoms with Crippen LogP contribution in [-0.2, 0) is 11.3 Å². The summed E-state index contributed by atoms with van der Waals surface area (Å²) in [6, 6.07) is 11.6. The number of carbonyl (C=O) groups excluding carboxylic acids is 1. The highest BCUT2D eigenvalue weighted by molar-refractivity contribution is 7.09. The minimum atomic E-state index is -0.159. The molecule has 1 amide bonds. The first-order valence-corrected chi connectivity index (χ1v) is 9.48. The van der Waals surface area contributed by atoms with Gasteiger partial charge in [0, 0.05) is 37.6 Å². The fourth-order valence-electron chi connectivity index (χ4n) is 3.08. The van der Waals surface area contributed by atoms with Crippen LogP contribution in [0.2, 0.25) is 0 Å². The van der Waals surface area contributed by atoms with E-state index in [9.17, 15) is 4.79 Å². The smallest absolute Gasteiger partial charge is 0.241 e. The van der Waals surface area contributed by atoms with E-state index >= 15 is 0 Å². The first kappa shape index (κ1) is 17.9. The summed E-state index contributed by atoms with van der Waals surface area (Å²) in [5.41, 5.74) is 0.721. The van der Waals surface area contributed by atoms with Crippen LogP contribution in [0, 0.1) is 0 Å². The number of hydrogen-bond donors (Lipinski definition) is 1. The molecule has 0 radical (unpaired) electrons. The highest BCUT2D eigenvalue weighted by Gasteiger charge is 2.26. The second kappa shape index (κ2) is 8.47. The van der Waals surface area contributed by atoms with Crippen LogP contribution in [0.15, 0.2) is 41.8 Å². The number of thiophene rings is 1. The lowest BCUT2D eigenvalue weighted by Gasteiger charge is -2.37. The molecular weight excluding hydrogens is 334 g/mol. The molecule has 0 unspecified atom stereocenters. The maximum absolute atomic E-state index is 12.6. The van der Waals surface area contributed by atoms with E-state index in [1.54, 1.807) is 18.4 Å². The Kier molecular flexibility index (Phi) is 6.07. The number of carbonyl (C=O) groups is 1. The largest absolute Gasteiger partial charge is 0.495 e. The third-order valence-corrected chi connectivity index (χ3v) is 5.52. The SMILES string of the molecule is COc1ccccc1NC(=O)[C@@H](C)N1CCN(Cc2cccs2)CC1. The molecule has 1 aliphatic heterocycles. The van der Waals surface area contributed by atoms with Gasteiger partial charge in [-0.2, -0.15) is 0 Å². The third kappa shape index (κ3) is 4.60. The molecule has 2 heterocycles. The summed E-state index contributed by atoms with van der Waals surface area (Å²) < 4.78 is 5.30. The molecule has 2 aromatic rings. The van der Waals surface area contributed by atoms with Gasteiger partial charge >= 0.3 is 0 Å². The van der Waals surface area contributed by atoms with Gasteiger partial charge in [-0.1, -0.05) is 18.2 Å². The summed E-state index contributed by atoms with van der Waals surface area (Å²) in [5.74, 6) is 0.694. The molecule has 1 saturated heterocycles. The fourth-order valence-corrected chi connectivity index (χ4v) is 3.83. The summed E-state index contributed by atoms with van der Waals surface area (Å²) in [6.07, 6.45) is 0. The molecule has 5 nitrogen and oxygen atoms in total. The molecule has 1 atom stereocenters. The Morgan fingerprint density at radius 3 is 2.64 bits per heavy atom. The van der Waals surface area contributed by atoms with Crippen molar-refractivity contribution in [3.8, 4) is 5.75 Å². The monoisotopic (exact) mass is 359 g/mol. The minimum Gasteiger partial charge on any atom is -0.495 e. The Morgan fingerprint density at radius 1 is 1.20 bits per heavy atom. The molecule has 0 saturated carbocycles. The topological polar surface area (TPSA) is 44.8 Å². The molecule has 6 heteroatoms. The predicted octanol–water partition coefficient (Wildman–Crippen LogP) is 2.90. The number of ether oxygens (including phenoxy) is 1. The second-order valence-corrected chi connectivity index (χ2v) is 7.29. The highest BCUT2D eigenvalue weighted by Crippen LogP contribution is 2.23. The van der Waals surface area contributed by atoms with Crippen molar-refractivity contribution in [3.63, 3.8) is 0 Å². The lowest BCUT2D eigenvalue weighted by atomic mass is 10.2. The Hall–Kier alpha value is -1.89. The molecule has 3 rings (SSSR count). The molecule has 134 valence electrons. The number of piperazine rings is 1. The summed E-state index contributed by atoms with van der Waals surface area (Å²) in [7, 11) is 1.61. The van der Waals surface area contributed by atoms with E-state index in [1.807, 2.05) is 31.2 Å². The molecule has 1 N–H and O–H groups in total. The van der Waals surface area contributed by atoms with Gasteiger partial charge in [0.15, 0.2) is 0 Å². The van der Waals surface area contributed by atoms with Gasteiger partial charge in [-0.05, 0) is 30.5 Å². The number of amides is 1. The second-order valence-electron chi connectivity index (χ2n) is 6.26. The number of benzene rings is 1. The average Bonchev–Trinajstić information content (AvgIpc) is 3.15. The van der Waals surface area contributed by atoms with Crippen LogP contribution in [0.1, 0.15) is 11.8 Å². The Morgan fingerprint density at radius 2 is 1.96 bits per heavy atom. The van der Waals surface area contributed by atoms with Crippen LogP contribution in [0.25, 0.3) is 0 Å². The van der Waals surface area contributed by atoms with Gasteiger partial charge in [0.25, 0.3) is 0 Å². The van der Waals surface area contributed by atoms with Crippen molar-refractivity contribution in [2.45, 2.75) is 19.5 Å². The summed E-state index contributed by atoms with van der Waals surface area (Å²) >= 11 is 1.80. The zero-order chi connectivity index (χ0) is 17.6. The average molecular weight is 359 g/mol. The first-order chi connectivity index (χ1) is 12.2. The van der Waals surface area contributed by atoms with E-state index in [0.29, 0.717) is 5.75 Å². The van der Waals surface area contributed by atoms with Gasteiger partial charge in [0.1, 0.15) is 5.75 Å². The van der Waals surface area contributed by atoms with Crippen molar-refractivity contribution in [2.75, 3.05) is 38.6 Å². The number of rotatable bonds is 6. The maximum atomic E-state index is 12.6.